The minimum absolute atomic E-state index is 0.0425. The molecule has 0 atom stereocenters. The molecule has 0 radical (unpaired) electrons. The Morgan fingerprint density at radius 2 is 1.80 bits per heavy atom. The Hall–Kier alpha value is -1.89. The summed E-state index contributed by atoms with van der Waals surface area (Å²) < 4.78 is 40.5. The summed E-state index contributed by atoms with van der Waals surface area (Å²) in [6.45, 7) is 0. The summed E-state index contributed by atoms with van der Waals surface area (Å²) in [4.78, 5) is 16.0. The standard InChI is InChI=1S/C13H7BrF3NO2/c14-11-9(12(19)8-4-6-18-7-5-8)2-1-3-10(11)20-13(15,16)17/h1-7H. The monoisotopic (exact) mass is 345 g/mol. The maximum Gasteiger partial charge on any atom is 0.573 e. The summed E-state index contributed by atoms with van der Waals surface area (Å²) in [5.41, 5.74) is 0.405. The van der Waals surface area contributed by atoms with Crippen LogP contribution < -0.4 is 4.74 Å². The number of alkyl halides is 3. The van der Waals surface area contributed by atoms with E-state index in [0.717, 1.165) is 6.07 Å². The van der Waals surface area contributed by atoms with Crippen molar-refractivity contribution in [3.8, 4) is 5.75 Å². The second kappa shape index (κ2) is 5.62. The number of rotatable bonds is 3. The molecule has 104 valence electrons. The van der Waals surface area contributed by atoms with Crippen molar-refractivity contribution in [3.63, 3.8) is 0 Å². The zero-order valence-corrected chi connectivity index (χ0v) is 11.4. The second-order valence-corrected chi connectivity index (χ2v) is 4.52. The number of carbonyl (C=O) groups is 1. The van der Waals surface area contributed by atoms with E-state index >= 15 is 0 Å². The predicted octanol–water partition coefficient (Wildman–Crippen LogP) is 3.97. The van der Waals surface area contributed by atoms with Crippen molar-refractivity contribution in [3.05, 3.63) is 58.3 Å². The number of halogens is 4. The van der Waals surface area contributed by atoms with Crippen LogP contribution in [0.4, 0.5) is 13.2 Å². The lowest BCUT2D eigenvalue weighted by Crippen LogP contribution is -2.18. The quantitative estimate of drug-likeness (QED) is 0.790. The number of benzene rings is 1. The van der Waals surface area contributed by atoms with E-state index in [1.807, 2.05) is 0 Å². The highest BCUT2D eigenvalue weighted by Gasteiger charge is 2.32. The molecule has 0 N–H and O–H groups in total. The van der Waals surface area contributed by atoms with Gasteiger partial charge in [-0.25, -0.2) is 0 Å². The topological polar surface area (TPSA) is 39.2 Å². The summed E-state index contributed by atoms with van der Waals surface area (Å²) in [6.07, 6.45) is -1.96. The molecule has 20 heavy (non-hydrogen) atoms. The van der Waals surface area contributed by atoms with E-state index < -0.39 is 17.9 Å². The van der Waals surface area contributed by atoms with Gasteiger partial charge in [0.15, 0.2) is 5.78 Å². The third kappa shape index (κ3) is 3.36. The van der Waals surface area contributed by atoms with E-state index in [2.05, 4.69) is 25.7 Å². The molecule has 1 heterocycles. The summed E-state index contributed by atoms with van der Waals surface area (Å²) in [7, 11) is 0. The SMILES string of the molecule is O=C(c1ccncc1)c1cccc(OC(F)(F)F)c1Br. The highest BCUT2D eigenvalue weighted by molar-refractivity contribution is 9.10. The third-order valence-corrected chi connectivity index (χ3v) is 3.19. The van der Waals surface area contributed by atoms with E-state index in [1.165, 1.54) is 36.7 Å². The van der Waals surface area contributed by atoms with Gasteiger partial charge in [-0.2, -0.15) is 0 Å². The molecule has 0 saturated carbocycles. The number of carbonyl (C=O) groups excluding carboxylic acids is 1. The fourth-order valence-corrected chi connectivity index (χ4v) is 2.07. The first-order valence-corrected chi connectivity index (χ1v) is 6.17. The molecule has 0 aliphatic rings. The largest absolute Gasteiger partial charge is 0.573 e. The molecule has 0 amide bonds. The first-order valence-electron chi connectivity index (χ1n) is 5.37. The van der Waals surface area contributed by atoms with Gasteiger partial charge in [0.1, 0.15) is 5.75 Å². The second-order valence-electron chi connectivity index (χ2n) is 3.73. The van der Waals surface area contributed by atoms with E-state index in [4.69, 9.17) is 0 Å². The summed E-state index contributed by atoms with van der Waals surface area (Å²) in [5.74, 6) is -0.885. The van der Waals surface area contributed by atoms with Gasteiger partial charge in [-0.05, 0) is 40.2 Å². The van der Waals surface area contributed by atoms with Crippen molar-refractivity contribution >= 4 is 21.7 Å². The summed E-state index contributed by atoms with van der Waals surface area (Å²) in [5, 5.41) is 0. The molecule has 0 aliphatic carbocycles. The van der Waals surface area contributed by atoms with Gasteiger partial charge in [0.2, 0.25) is 0 Å². The highest BCUT2D eigenvalue weighted by Crippen LogP contribution is 2.33. The lowest BCUT2D eigenvalue weighted by Gasteiger charge is -2.12. The maximum atomic E-state index is 12.2. The van der Waals surface area contributed by atoms with Gasteiger partial charge in [0.25, 0.3) is 0 Å². The van der Waals surface area contributed by atoms with Crippen LogP contribution in [0.25, 0.3) is 0 Å². The molecule has 2 aromatic rings. The smallest absolute Gasteiger partial charge is 0.405 e. The molecule has 1 aromatic carbocycles. The molecule has 0 unspecified atom stereocenters. The van der Waals surface area contributed by atoms with Crippen LogP contribution in [0.15, 0.2) is 47.2 Å². The van der Waals surface area contributed by atoms with Crippen molar-refractivity contribution in [1.82, 2.24) is 4.98 Å². The molecular weight excluding hydrogens is 339 g/mol. The van der Waals surface area contributed by atoms with E-state index in [0.29, 0.717) is 5.56 Å². The Kier molecular flexibility index (Phi) is 4.08. The summed E-state index contributed by atoms with van der Waals surface area (Å²) >= 11 is 2.97. The number of ketones is 1. The van der Waals surface area contributed by atoms with Crippen LogP contribution in [-0.4, -0.2) is 17.1 Å². The number of nitrogens with zero attached hydrogens (tertiary/aromatic N) is 1. The molecule has 0 aliphatic heterocycles. The minimum Gasteiger partial charge on any atom is -0.405 e. The Morgan fingerprint density at radius 3 is 2.40 bits per heavy atom. The van der Waals surface area contributed by atoms with Crippen LogP contribution in [0.5, 0.6) is 5.75 Å². The number of pyridine rings is 1. The molecule has 7 heteroatoms. The average Bonchev–Trinajstić information content (AvgIpc) is 2.40. The Labute approximate surface area is 120 Å². The number of aromatic nitrogens is 1. The van der Waals surface area contributed by atoms with Crippen molar-refractivity contribution < 1.29 is 22.7 Å². The fraction of sp³-hybridized carbons (Fsp3) is 0.0769. The minimum atomic E-state index is -4.82. The first kappa shape index (κ1) is 14.5. The van der Waals surface area contributed by atoms with Crippen LogP contribution in [0.3, 0.4) is 0 Å². The third-order valence-electron chi connectivity index (χ3n) is 2.38. The maximum absolute atomic E-state index is 12.2. The Balaban J connectivity index is 2.39. The molecule has 0 bridgehead atoms. The molecule has 0 fully saturated rings. The first-order chi connectivity index (χ1) is 9.38. The fourth-order valence-electron chi connectivity index (χ4n) is 1.55. The highest BCUT2D eigenvalue weighted by atomic mass is 79.9. The molecule has 0 spiro atoms. The number of ether oxygens (including phenoxy) is 1. The summed E-state index contributed by atoms with van der Waals surface area (Å²) in [6, 6.07) is 6.81. The number of hydrogen-bond donors (Lipinski definition) is 0. The van der Waals surface area contributed by atoms with Gasteiger partial charge < -0.3 is 4.74 Å². The van der Waals surface area contributed by atoms with Crippen LogP contribution >= 0.6 is 15.9 Å². The average molecular weight is 346 g/mol. The Morgan fingerprint density at radius 1 is 1.15 bits per heavy atom. The lowest BCUT2D eigenvalue weighted by atomic mass is 10.0. The normalized spacial score (nSPS) is 11.2. The van der Waals surface area contributed by atoms with Gasteiger partial charge in [0.05, 0.1) is 4.47 Å². The number of hydrogen-bond acceptors (Lipinski definition) is 3. The van der Waals surface area contributed by atoms with Gasteiger partial charge in [-0.3, -0.25) is 9.78 Å². The van der Waals surface area contributed by atoms with Gasteiger partial charge >= 0.3 is 6.36 Å². The van der Waals surface area contributed by atoms with Gasteiger partial charge in [-0.15, -0.1) is 13.2 Å². The van der Waals surface area contributed by atoms with Crippen molar-refractivity contribution in [1.29, 1.82) is 0 Å². The molecular formula is C13H7BrF3NO2. The van der Waals surface area contributed by atoms with Gasteiger partial charge in [0, 0.05) is 23.5 Å². The zero-order chi connectivity index (χ0) is 14.8. The van der Waals surface area contributed by atoms with E-state index in [-0.39, 0.29) is 10.0 Å². The molecule has 0 saturated heterocycles. The van der Waals surface area contributed by atoms with Crippen LogP contribution in [0, 0.1) is 0 Å². The van der Waals surface area contributed by atoms with Gasteiger partial charge in [-0.1, -0.05) is 6.07 Å². The molecule has 1 aromatic heterocycles. The van der Waals surface area contributed by atoms with Crippen molar-refractivity contribution in [2.75, 3.05) is 0 Å². The Bertz CT molecular complexity index is 629. The van der Waals surface area contributed by atoms with Crippen molar-refractivity contribution in [2.24, 2.45) is 0 Å². The zero-order valence-electron chi connectivity index (χ0n) is 9.82. The van der Waals surface area contributed by atoms with Crippen molar-refractivity contribution in [2.45, 2.75) is 6.36 Å². The predicted molar refractivity (Wildman–Crippen MR) is 68.5 cm³/mol. The molecule has 3 nitrogen and oxygen atoms in total. The van der Waals surface area contributed by atoms with E-state index in [1.54, 1.807) is 0 Å². The van der Waals surface area contributed by atoms with E-state index in [9.17, 15) is 18.0 Å². The lowest BCUT2D eigenvalue weighted by molar-refractivity contribution is -0.274. The van der Waals surface area contributed by atoms with Crippen LogP contribution in [0.1, 0.15) is 15.9 Å². The van der Waals surface area contributed by atoms with Crippen LogP contribution in [0.2, 0.25) is 0 Å². The van der Waals surface area contributed by atoms with Crippen LogP contribution in [-0.2, 0) is 0 Å². The molecule has 2 rings (SSSR count).